The minimum atomic E-state index is -2.13. The Balaban J connectivity index is 1.90. The Labute approximate surface area is 205 Å². The van der Waals surface area contributed by atoms with E-state index in [0.717, 1.165) is 12.8 Å². The van der Waals surface area contributed by atoms with Crippen LogP contribution < -0.4 is 0 Å². The lowest BCUT2D eigenvalue weighted by Crippen LogP contribution is -2.61. The second-order valence-electron chi connectivity index (χ2n) is 9.62. The van der Waals surface area contributed by atoms with Crippen molar-refractivity contribution in [1.82, 2.24) is 0 Å². The Bertz CT molecular complexity index is 1050. The summed E-state index contributed by atoms with van der Waals surface area (Å²) < 4.78 is -0.107. The summed E-state index contributed by atoms with van der Waals surface area (Å²) in [5.41, 5.74) is 5.59. The minimum absolute atomic E-state index is 0.0536. The molecule has 0 aromatic heterocycles. The first-order valence-corrected chi connectivity index (χ1v) is 15.8. The SMILES string of the molecule is C[Si](C)(C(P)(Cc1ccccc1)c1ccccc1)C(P)(Cc1ccccc1)c1ccccc1. The van der Waals surface area contributed by atoms with E-state index in [1.54, 1.807) is 0 Å². The van der Waals surface area contributed by atoms with Crippen molar-refractivity contribution >= 4 is 26.6 Å². The first-order valence-electron chi connectivity index (χ1n) is 11.6. The van der Waals surface area contributed by atoms with Crippen LogP contribution in [0.3, 0.4) is 0 Å². The van der Waals surface area contributed by atoms with E-state index >= 15 is 0 Å². The molecule has 0 N–H and O–H groups in total. The van der Waals surface area contributed by atoms with Gasteiger partial charge in [-0.3, -0.25) is 0 Å². The third-order valence-corrected chi connectivity index (χ3v) is 18.3. The van der Waals surface area contributed by atoms with E-state index in [1.165, 1.54) is 22.3 Å². The van der Waals surface area contributed by atoms with Gasteiger partial charge in [0.1, 0.15) is 0 Å². The molecule has 0 bridgehead atoms. The second-order valence-corrected chi connectivity index (χ2v) is 17.8. The molecule has 0 nitrogen and oxygen atoms in total. The highest BCUT2D eigenvalue weighted by molar-refractivity contribution is 7.33. The Kier molecular flexibility index (Phi) is 7.35. The fourth-order valence-electron chi connectivity index (χ4n) is 5.07. The molecular weight excluding hydrogens is 450 g/mol. The molecule has 4 unspecified atom stereocenters. The Morgan fingerprint density at radius 1 is 0.485 bits per heavy atom. The number of hydrogen-bond acceptors (Lipinski definition) is 0. The molecule has 4 aromatic carbocycles. The molecule has 168 valence electrons. The van der Waals surface area contributed by atoms with Crippen molar-refractivity contribution in [3.05, 3.63) is 144 Å². The van der Waals surface area contributed by atoms with Crippen LogP contribution in [0.2, 0.25) is 13.1 Å². The molecule has 4 atom stereocenters. The van der Waals surface area contributed by atoms with E-state index in [9.17, 15) is 0 Å². The van der Waals surface area contributed by atoms with Gasteiger partial charge in [0, 0.05) is 9.56 Å². The summed E-state index contributed by atoms with van der Waals surface area (Å²) in [5, 5.41) is 0. The van der Waals surface area contributed by atoms with E-state index in [1.807, 2.05) is 0 Å². The molecule has 0 fully saturated rings. The Morgan fingerprint density at radius 2 is 0.758 bits per heavy atom. The maximum absolute atomic E-state index is 3.38. The van der Waals surface area contributed by atoms with E-state index < -0.39 is 8.07 Å². The molecule has 0 aliphatic rings. The molecule has 33 heavy (non-hydrogen) atoms. The summed E-state index contributed by atoms with van der Waals surface area (Å²) >= 11 is 0. The van der Waals surface area contributed by atoms with Crippen molar-refractivity contribution in [2.45, 2.75) is 35.5 Å². The van der Waals surface area contributed by atoms with E-state index in [0.29, 0.717) is 0 Å². The van der Waals surface area contributed by atoms with Gasteiger partial charge in [-0.1, -0.05) is 134 Å². The van der Waals surface area contributed by atoms with Gasteiger partial charge >= 0.3 is 0 Å². The standard InChI is InChI=1S/C30H34P2Si/c1-33(2,29(31,27-19-11-5-12-20-27)23-25-15-7-3-8-16-25)30(32,28-21-13-6-14-22-28)24-26-17-9-4-10-18-26/h3-22H,23-24,31-32H2,1-2H3. The third kappa shape index (κ3) is 4.78. The summed E-state index contributed by atoms with van der Waals surface area (Å²) in [7, 11) is 4.62. The fourth-order valence-corrected chi connectivity index (χ4v) is 11.8. The predicted octanol–water partition coefficient (Wildman–Crippen LogP) is 7.80. The molecule has 0 radical (unpaired) electrons. The first kappa shape index (κ1) is 24.1. The van der Waals surface area contributed by atoms with Gasteiger partial charge in [-0.25, -0.2) is 0 Å². The van der Waals surface area contributed by atoms with Crippen molar-refractivity contribution in [3.8, 4) is 0 Å². The molecule has 0 heterocycles. The highest BCUT2D eigenvalue weighted by Gasteiger charge is 2.56. The van der Waals surface area contributed by atoms with Crippen LogP contribution in [0.5, 0.6) is 0 Å². The zero-order valence-corrected chi connectivity index (χ0v) is 22.9. The van der Waals surface area contributed by atoms with Gasteiger partial charge in [-0.2, -0.15) is 0 Å². The highest BCUT2D eigenvalue weighted by Crippen LogP contribution is 2.55. The van der Waals surface area contributed by atoms with E-state index in [4.69, 9.17) is 0 Å². The molecule has 0 amide bonds. The fraction of sp³-hybridized carbons (Fsp3) is 0.200. The Hall–Kier alpha value is -2.04. The van der Waals surface area contributed by atoms with Gasteiger partial charge < -0.3 is 0 Å². The summed E-state index contributed by atoms with van der Waals surface area (Å²) in [6, 6.07) is 44.3. The van der Waals surface area contributed by atoms with Gasteiger partial charge in [-0.05, 0) is 35.1 Å². The molecule has 0 aliphatic heterocycles. The van der Waals surface area contributed by atoms with Crippen molar-refractivity contribution in [3.63, 3.8) is 0 Å². The normalized spacial score (nSPS) is 15.4. The van der Waals surface area contributed by atoms with Crippen LogP contribution >= 0.6 is 18.5 Å². The highest BCUT2D eigenvalue weighted by atomic mass is 31.0. The molecule has 4 rings (SSSR count). The van der Waals surface area contributed by atoms with Gasteiger partial charge in [0.15, 0.2) is 0 Å². The Morgan fingerprint density at radius 3 is 1.06 bits per heavy atom. The average molecular weight is 485 g/mol. The van der Waals surface area contributed by atoms with Crippen LogP contribution in [0.4, 0.5) is 0 Å². The summed E-state index contributed by atoms with van der Waals surface area (Å²) in [6.45, 7) is 5.16. The lowest BCUT2D eigenvalue weighted by molar-refractivity contribution is 0.715. The quantitative estimate of drug-likeness (QED) is 0.177. The van der Waals surface area contributed by atoms with Crippen LogP contribution in [0, 0.1) is 0 Å². The van der Waals surface area contributed by atoms with Gasteiger partial charge in [0.05, 0.1) is 8.07 Å². The molecule has 0 saturated carbocycles. The zero-order chi connectivity index (χ0) is 23.4. The molecular formula is C30H34P2Si. The average Bonchev–Trinajstić information content (AvgIpc) is 2.86. The number of rotatable bonds is 8. The third-order valence-electron chi connectivity index (χ3n) is 7.46. The molecule has 4 aromatic rings. The molecule has 0 saturated heterocycles. The van der Waals surface area contributed by atoms with Gasteiger partial charge in [0.25, 0.3) is 0 Å². The van der Waals surface area contributed by atoms with Crippen molar-refractivity contribution in [2.75, 3.05) is 0 Å². The lowest BCUT2D eigenvalue weighted by Gasteiger charge is -2.54. The topological polar surface area (TPSA) is 0 Å². The maximum atomic E-state index is 3.38. The van der Waals surface area contributed by atoms with Crippen molar-refractivity contribution < 1.29 is 0 Å². The maximum Gasteiger partial charge on any atom is 0.0798 e. The van der Waals surface area contributed by atoms with Gasteiger partial charge in [-0.15, -0.1) is 18.5 Å². The largest absolute Gasteiger partial charge is 0.129 e. The molecule has 0 spiro atoms. The number of hydrogen-bond donors (Lipinski definition) is 0. The molecule has 3 heteroatoms. The number of benzene rings is 4. The van der Waals surface area contributed by atoms with E-state index in [-0.39, 0.29) is 9.56 Å². The zero-order valence-electron chi connectivity index (χ0n) is 19.6. The smallest absolute Gasteiger partial charge is 0.0798 e. The second kappa shape index (κ2) is 10.1. The minimum Gasteiger partial charge on any atom is -0.129 e. The van der Waals surface area contributed by atoms with Crippen LogP contribution in [0.25, 0.3) is 0 Å². The summed E-state index contributed by atoms with van der Waals surface area (Å²) in [4.78, 5) is 0. The van der Waals surface area contributed by atoms with Crippen LogP contribution in [-0.2, 0) is 22.4 Å². The summed E-state index contributed by atoms with van der Waals surface area (Å²) in [5.74, 6) is 0. The van der Waals surface area contributed by atoms with Crippen molar-refractivity contribution in [1.29, 1.82) is 0 Å². The molecule has 0 aliphatic carbocycles. The van der Waals surface area contributed by atoms with Crippen LogP contribution in [-0.4, -0.2) is 8.07 Å². The first-order chi connectivity index (χ1) is 15.9. The monoisotopic (exact) mass is 484 g/mol. The van der Waals surface area contributed by atoms with E-state index in [2.05, 4.69) is 153 Å². The summed E-state index contributed by atoms with van der Waals surface area (Å²) in [6.07, 6.45) is 2.00. The van der Waals surface area contributed by atoms with Gasteiger partial charge in [0.2, 0.25) is 0 Å². The predicted molar refractivity (Wildman–Crippen MR) is 153 cm³/mol. The van der Waals surface area contributed by atoms with Crippen LogP contribution in [0.15, 0.2) is 121 Å². The lowest BCUT2D eigenvalue weighted by atomic mass is 10.0. The van der Waals surface area contributed by atoms with Crippen molar-refractivity contribution in [2.24, 2.45) is 0 Å². The van der Waals surface area contributed by atoms with Crippen LogP contribution in [0.1, 0.15) is 22.3 Å².